The van der Waals surface area contributed by atoms with Crippen LogP contribution in [-0.2, 0) is 4.79 Å². The van der Waals surface area contributed by atoms with E-state index in [9.17, 15) is 9.59 Å². The van der Waals surface area contributed by atoms with Crippen LogP contribution in [0.4, 0.5) is 10.5 Å². The zero-order chi connectivity index (χ0) is 14.4. The maximum absolute atomic E-state index is 11.7. The number of urea groups is 1. The van der Waals surface area contributed by atoms with Crippen LogP contribution in [0.1, 0.15) is 13.8 Å². The molecule has 19 heavy (non-hydrogen) atoms. The van der Waals surface area contributed by atoms with Crippen molar-refractivity contribution < 1.29 is 9.59 Å². The number of anilines is 1. The van der Waals surface area contributed by atoms with E-state index in [2.05, 4.69) is 16.0 Å². The normalized spacial score (nSPS) is 11.6. The number of hydrogen-bond donors (Lipinski definition) is 3. The zero-order valence-electron chi connectivity index (χ0n) is 10.6. The van der Waals surface area contributed by atoms with Crippen LogP contribution < -0.4 is 16.0 Å². The molecule has 3 N–H and O–H groups in total. The Morgan fingerprint density at radius 3 is 2.63 bits per heavy atom. The van der Waals surface area contributed by atoms with Crippen LogP contribution in [0.2, 0.25) is 10.0 Å². The average Bonchev–Trinajstić information content (AvgIpc) is 2.35. The fraction of sp³-hybridized carbons (Fsp3) is 0.333. The molecule has 1 rings (SSSR count). The van der Waals surface area contributed by atoms with Crippen molar-refractivity contribution >= 4 is 40.8 Å². The van der Waals surface area contributed by atoms with Gasteiger partial charge in [0, 0.05) is 6.54 Å². The van der Waals surface area contributed by atoms with Gasteiger partial charge in [0.1, 0.15) is 6.04 Å². The molecule has 0 saturated carbocycles. The predicted octanol–water partition coefficient (Wildman–Crippen LogP) is 2.64. The first kappa shape index (κ1) is 15.6. The van der Waals surface area contributed by atoms with E-state index in [1.807, 2.05) is 0 Å². The molecule has 3 amide bonds. The summed E-state index contributed by atoms with van der Waals surface area (Å²) in [6.45, 7) is 3.82. The number of benzene rings is 1. The van der Waals surface area contributed by atoms with E-state index in [1.165, 1.54) is 0 Å². The first-order valence-corrected chi connectivity index (χ1v) is 6.50. The van der Waals surface area contributed by atoms with Gasteiger partial charge in [-0.15, -0.1) is 0 Å². The molecule has 0 bridgehead atoms. The number of amides is 3. The third-order valence-electron chi connectivity index (χ3n) is 2.29. The Kier molecular flexibility index (Phi) is 5.92. The van der Waals surface area contributed by atoms with Gasteiger partial charge < -0.3 is 10.6 Å². The minimum absolute atomic E-state index is 0.335. The average molecular weight is 304 g/mol. The highest BCUT2D eigenvalue weighted by Gasteiger charge is 2.16. The second-order valence-corrected chi connectivity index (χ2v) is 4.60. The largest absolute Gasteiger partial charge is 0.373 e. The highest BCUT2D eigenvalue weighted by molar-refractivity contribution is 6.43. The van der Waals surface area contributed by atoms with E-state index < -0.39 is 18.0 Å². The standard InChI is InChI=1S/C12H15Cl2N3O2/c1-3-15-12(19)17-11(18)7(2)16-9-6-4-5-8(13)10(9)14/h4-7,16H,3H2,1-2H3,(H2,15,17,18,19). The quantitative estimate of drug-likeness (QED) is 0.801. The maximum Gasteiger partial charge on any atom is 0.321 e. The topological polar surface area (TPSA) is 70.2 Å². The fourth-order valence-electron chi connectivity index (χ4n) is 1.34. The molecule has 1 atom stereocenters. The van der Waals surface area contributed by atoms with E-state index in [0.717, 1.165) is 0 Å². The van der Waals surface area contributed by atoms with E-state index in [0.29, 0.717) is 22.3 Å². The number of hydrogen-bond acceptors (Lipinski definition) is 3. The summed E-state index contributed by atoms with van der Waals surface area (Å²) in [7, 11) is 0. The number of nitrogens with one attached hydrogen (secondary N) is 3. The predicted molar refractivity (Wildman–Crippen MR) is 76.8 cm³/mol. The van der Waals surface area contributed by atoms with Crippen molar-refractivity contribution in [2.24, 2.45) is 0 Å². The van der Waals surface area contributed by atoms with Crippen molar-refractivity contribution in [2.45, 2.75) is 19.9 Å². The minimum atomic E-state index is -0.626. The smallest absolute Gasteiger partial charge is 0.321 e. The SMILES string of the molecule is CCNC(=O)NC(=O)C(C)Nc1cccc(Cl)c1Cl. The van der Waals surface area contributed by atoms with E-state index in [4.69, 9.17) is 23.2 Å². The molecule has 0 aliphatic rings. The van der Waals surface area contributed by atoms with Gasteiger partial charge in [0.05, 0.1) is 15.7 Å². The van der Waals surface area contributed by atoms with Gasteiger partial charge >= 0.3 is 6.03 Å². The summed E-state index contributed by atoms with van der Waals surface area (Å²) < 4.78 is 0. The third kappa shape index (κ3) is 4.61. The second-order valence-electron chi connectivity index (χ2n) is 3.82. The molecule has 0 aliphatic heterocycles. The number of imide groups is 1. The monoisotopic (exact) mass is 303 g/mol. The van der Waals surface area contributed by atoms with Crippen LogP contribution in [0.25, 0.3) is 0 Å². The molecular weight excluding hydrogens is 289 g/mol. The number of carbonyl (C=O) groups is 2. The Hall–Kier alpha value is -1.46. The maximum atomic E-state index is 11.7. The Morgan fingerprint density at radius 2 is 2.00 bits per heavy atom. The minimum Gasteiger partial charge on any atom is -0.373 e. The summed E-state index contributed by atoms with van der Waals surface area (Å²) >= 11 is 11.9. The van der Waals surface area contributed by atoms with Gasteiger partial charge in [-0.1, -0.05) is 29.3 Å². The van der Waals surface area contributed by atoms with Gasteiger partial charge in [-0.2, -0.15) is 0 Å². The van der Waals surface area contributed by atoms with Crippen molar-refractivity contribution in [3.8, 4) is 0 Å². The van der Waals surface area contributed by atoms with Crippen LogP contribution in [0, 0.1) is 0 Å². The van der Waals surface area contributed by atoms with Gasteiger partial charge in [0.15, 0.2) is 0 Å². The van der Waals surface area contributed by atoms with Crippen molar-refractivity contribution in [3.63, 3.8) is 0 Å². The summed E-state index contributed by atoms with van der Waals surface area (Å²) in [5, 5.41) is 8.29. The molecule has 0 aromatic heterocycles. The molecule has 5 nitrogen and oxygen atoms in total. The summed E-state index contributed by atoms with van der Waals surface area (Å²) in [6.07, 6.45) is 0. The zero-order valence-corrected chi connectivity index (χ0v) is 12.1. The lowest BCUT2D eigenvalue weighted by atomic mass is 10.2. The summed E-state index contributed by atoms with van der Waals surface area (Å²) in [5.74, 6) is -0.456. The molecule has 0 fully saturated rings. The van der Waals surface area contributed by atoms with E-state index >= 15 is 0 Å². The first-order valence-electron chi connectivity index (χ1n) is 5.75. The van der Waals surface area contributed by atoms with E-state index in [-0.39, 0.29) is 0 Å². The fourth-order valence-corrected chi connectivity index (χ4v) is 1.69. The highest BCUT2D eigenvalue weighted by Crippen LogP contribution is 2.29. The van der Waals surface area contributed by atoms with Crippen LogP contribution in [0.15, 0.2) is 18.2 Å². The summed E-state index contributed by atoms with van der Waals surface area (Å²) in [5.41, 5.74) is 0.535. The molecule has 1 unspecified atom stereocenters. The van der Waals surface area contributed by atoms with Crippen LogP contribution in [0.5, 0.6) is 0 Å². The highest BCUT2D eigenvalue weighted by atomic mass is 35.5. The molecule has 0 radical (unpaired) electrons. The Bertz CT molecular complexity index is 480. The lowest BCUT2D eigenvalue weighted by Gasteiger charge is -2.16. The van der Waals surface area contributed by atoms with Gasteiger partial charge in [0.25, 0.3) is 0 Å². The van der Waals surface area contributed by atoms with Crippen molar-refractivity contribution in [3.05, 3.63) is 28.2 Å². The van der Waals surface area contributed by atoms with Crippen LogP contribution in [-0.4, -0.2) is 24.5 Å². The Labute approximate surface area is 121 Å². The molecule has 0 spiro atoms. The lowest BCUT2D eigenvalue weighted by molar-refractivity contribution is -0.120. The second kappa shape index (κ2) is 7.21. The van der Waals surface area contributed by atoms with Gasteiger partial charge in [-0.25, -0.2) is 4.79 Å². The molecule has 104 valence electrons. The van der Waals surface area contributed by atoms with Gasteiger partial charge in [0.2, 0.25) is 5.91 Å². The summed E-state index contributed by atoms with van der Waals surface area (Å²) in [4.78, 5) is 22.9. The number of halogens is 2. The molecule has 0 heterocycles. The summed E-state index contributed by atoms with van der Waals surface area (Å²) in [6, 6.07) is 3.90. The van der Waals surface area contributed by atoms with Crippen molar-refractivity contribution in [1.82, 2.24) is 10.6 Å². The van der Waals surface area contributed by atoms with Crippen molar-refractivity contribution in [1.29, 1.82) is 0 Å². The molecule has 1 aromatic rings. The van der Waals surface area contributed by atoms with Gasteiger partial charge in [-0.05, 0) is 26.0 Å². The number of carbonyl (C=O) groups excluding carboxylic acids is 2. The van der Waals surface area contributed by atoms with Gasteiger partial charge in [-0.3, -0.25) is 10.1 Å². The molecule has 0 aliphatic carbocycles. The first-order chi connectivity index (χ1) is 8.95. The molecule has 1 aromatic carbocycles. The Balaban J connectivity index is 2.64. The van der Waals surface area contributed by atoms with Crippen LogP contribution >= 0.6 is 23.2 Å². The van der Waals surface area contributed by atoms with E-state index in [1.54, 1.807) is 32.0 Å². The molecule has 0 saturated heterocycles. The van der Waals surface area contributed by atoms with Crippen LogP contribution in [0.3, 0.4) is 0 Å². The number of rotatable bonds is 4. The Morgan fingerprint density at radius 1 is 1.32 bits per heavy atom. The lowest BCUT2D eigenvalue weighted by Crippen LogP contribution is -2.45. The van der Waals surface area contributed by atoms with Crippen molar-refractivity contribution in [2.75, 3.05) is 11.9 Å². The molecular formula is C12H15Cl2N3O2. The third-order valence-corrected chi connectivity index (χ3v) is 3.11. The molecule has 7 heteroatoms.